The summed E-state index contributed by atoms with van der Waals surface area (Å²) in [7, 11) is 0. The van der Waals surface area contributed by atoms with Gasteiger partial charge in [-0.1, -0.05) is 39.7 Å². The first kappa shape index (κ1) is 19.9. The molecule has 26 heavy (non-hydrogen) atoms. The summed E-state index contributed by atoms with van der Waals surface area (Å²) in [6.45, 7) is 5.81. The number of benzene rings is 1. The van der Waals surface area contributed by atoms with Crippen LogP contribution < -0.4 is 10.6 Å². The molecule has 2 N–H and O–H groups in total. The number of nitrogens with one attached hydrogen (secondary N) is 2. The van der Waals surface area contributed by atoms with E-state index in [4.69, 9.17) is 0 Å². The van der Waals surface area contributed by atoms with Crippen LogP contribution in [0.4, 0.5) is 11.4 Å². The Bertz CT molecular complexity index is 675. The number of carbonyl (C=O) groups excluding carboxylic acids is 2. The fourth-order valence-electron chi connectivity index (χ4n) is 3.42. The summed E-state index contributed by atoms with van der Waals surface area (Å²) >= 11 is 0. The Morgan fingerprint density at radius 2 is 1.92 bits per heavy atom. The molecule has 1 aromatic rings. The van der Waals surface area contributed by atoms with Crippen LogP contribution in [-0.4, -0.2) is 22.8 Å². The molecule has 142 valence electrons. The van der Waals surface area contributed by atoms with E-state index >= 15 is 0 Å². The van der Waals surface area contributed by atoms with Crippen LogP contribution in [0, 0.1) is 27.9 Å². The van der Waals surface area contributed by atoms with Crippen molar-refractivity contribution in [1.29, 1.82) is 0 Å². The first-order valence-electron chi connectivity index (χ1n) is 9.15. The van der Waals surface area contributed by atoms with Crippen LogP contribution in [0.2, 0.25) is 0 Å². The molecule has 3 unspecified atom stereocenters. The molecular formula is C19H27N3O4. The molecule has 0 bridgehead atoms. The van der Waals surface area contributed by atoms with Crippen molar-refractivity contribution in [2.75, 3.05) is 5.32 Å². The van der Waals surface area contributed by atoms with Gasteiger partial charge >= 0.3 is 0 Å². The molecule has 1 aliphatic carbocycles. The number of nitro benzene ring substituents is 1. The molecule has 0 spiro atoms. The van der Waals surface area contributed by atoms with Gasteiger partial charge in [0.25, 0.3) is 5.69 Å². The third-order valence-corrected chi connectivity index (χ3v) is 5.02. The summed E-state index contributed by atoms with van der Waals surface area (Å²) in [6.07, 6.45) is 4.06. The molecule has 0 aliphatic heterocycles. The van der Waals surface area contributed by atoms with Crippen molar-refractivity contribution < 1.29 is 14.5 Å². The Labute approximate surface area is 153 Å². The van der Waals surface area contributed by atoms with Crippen LogP contribution in [0.3, 0.4) is 0 Å². The number of amides is 2. The van der Waals surface area contributed by atoms with Crippen molar-refractivity contribution in [3.05, 3.63) is 34.4 Å². The molecular weight excluding hydrogens is 334 g/mol. The molecule has 7 nitrogen and oxygen atoms in total. The Morgan fingerprint density at radius 1 is 1.23 bits per heavy atom. The molecule has 2 amide bonds. The van der Waals surface area contributed by atoms with Gasteiger partial charge in [-0.2, -0.15) is 0 Å². The third kappa shape index (κ3) is 5.03. The van der Waals surface area contributed by atoms with Gasteiger partial charge in [0, 0.05) is 23.7 Å². The minimum Gasteiger partial charge on any atom is -0.344 e. The fourth-order valence-corrected chi connectivity index (χ4v) is 3.42. The molecule has 0 aromatic heterocycles. The minimum atomic E-state index is -0.684. The molecule has 0 heterocycles. The molecule has 0 saturated heterocycles. The zero-order valence-electron chi connectivity index (χ0n) is 15.5. The molecule has 1 fully saturated rings. The van der Waals surface area contributed by atoms with Gasteiger partial charge in [0.05, 0.1) is 4.92 Å². The van der Waals surface area contributed by atoms with E-state index in [-0.39, 0.29) is 29.3 Å². The van der Waals surface area contributed by atoms with E-state index in [1.807, 2.05) is 13.8 Å². The van der Waals surface area contributed by atoms with Crippen molar-refractivity contribution in [3.63, 3.8) is 0 Å². The quantitative estimate of drug-likeness (QED) is 0.598. The van der Waals surface area contributed by atoms with Gasteiger partial charge in [-0.3, -0.25) is 19.7 Å². The normalized spacial score (nSPS) is 21.1. The summed E-state index contributed by atoms with van der Waals surface area (Å²) in [5.41, 5.74) is 0.249. The van der Waals surface area contributed by atoms with Crippen LogP contribution in [0.1, 0.15) is 46.5 Å². The van der Waals surface area contributed by atoms with Gasteiger partial charge < -0.3 is 10.6 Å². The highest BCUT2D eigenvalue weighted by Crippen LogP contribution is 2.30. The lowest BCUT2D eigenvalue weighted by atomic mass is 9.79. The molecule has 3 atom stereocenters. The summed E-state index contributed by atoms with van der Waals surface area (Å²) in [5.74, 6) is -0.286. The number of carbonyl (C=O) groups is 2. The molecule has 7 heteroatoms. The summed E-state index contributed by atoms with van der Waals surface area (Å²) in [4.78, 5) is 35.6. The lowest BCUT2D eigenvalue weighted by Crippen LogP contribution is -2.50. The van der Waals surface area contributed by atoms with Gasteiger partial charge in [0.1, 0.15) is 6.04 Å². The monoisotopic (exact) mass is 361 g/mol. The summed E-state index contributed by atoms with van der Waals surface area (Å²) in [6, 6.07) is 5.09. The third-order valence-electron chi connectivity index (χ3n) is 5.02. The highest BCUT2D eigenvalue weighted by Gasteiger charge is 2.32. The van der Waals surface area contributed by atoms with Crippen molar-refractivity contribution >= 4 is 23.2 Å². The first-order valence-corrected chi connectivity index (χ1v) is 9.15. The van der Waals surface area contributed by atoms with Gasteiger partial charge in [0.15, 0.2) is 0 Å². The SMILES string of the molecule is CC(C)C(NC(=O)C1CCCCC1C)C(=O)Nc1cccc([N+](=O)[O-])c1. The Morgan fingerprint density at radius 3 is 2.54 bits per heavy atom. The number of hydrogen-bond donors (Lipinski definition) is 2. The molecule has 1 aromatic carbocycles. The van der Waals surface area contributed by atoms with Crippen LogP contribution in [-0.2, 0) is 9.59 Å². The second-order valence-electron chi connectivity index (χ2n) is 7.40. The fraction of sp³-hybridized carbons (Fsp3) is 0.579. The van der Waals surface area contributed by atoms with Crippen molar-refractivity contribution in [2.24, 2.45) is 17.8 Å². The Balaban J connectivity index is 2.06. The minimum absolute atomic E-state index is 0.0596. The van der Waals surface area contributed by atoms with E-state index in [0.717, 1.165) is 25.7 Å². The Kier molecular flexibility index (Phi) is 6.71. The maximum Gasteiger partial charge on any atom is 0.271 e. The van der Waals surface area contributed by atoms with E-state index in [2.05, 4.69) is 17.6 Å². The van der Waals surface area contributed by atoms with Crippen molar-refractivity contribution in [3.8, 4) is 0 Å². The second-order valence-corrected chi connectivity index (χ2v) is 7.40. The van der Waals surface area contributed by atoms with Gasteiger partial charge in [-0.05, 0) is 30.7 Å². The van der Waals surface area contributed by atoms with Crippen LogP contribution in [0.25, 0.3) is 0 Å². The highest BCUT2D eigenvalue weighted by molar-refractivity contribution is 5.97. The van der Waals surface area contributed by atoms with Gasteiger partial charge in [-0.15, -0.1) is 0 Å². The topological polar surface area (TPSA) is 101 Å². The number of anilines is 1. The lowest BCUT2D eigenvalue weighted by Gasteiger charge is -2.30. The zero-order chi connectivity index (χ0) is 19.3. The van der Waals surface area contributed by atoms with E-state index in [0.29, 0.717) is 11.6 Å². The standard InChI is InChI=1S/C19H27N3O4/c1-12(2)17(21-18(23)16-10-5-4-7-13(16)3)19(24)20-14-8-6-9-15(11-14)22(25)26/h6,8-9,11-13,16-17H,4-5,7,10H2,1-3H3,(H,20,24)(H,21,23). The van der Waals surface area contributed by atoms with E-state index in [9.17, 15) is 19.7 Å². The number of nitrogens with zero attached hydrogens (tertiary/aromatic N) is 1. The van der Waals surface area contributed by atoms with Crippen LogP contribution in [0.5, 0.6) is 0 Å². The first-order chi connectivity index (χ1) is 12.3. The molecule has 1 saturated carbocycles. The smallest absolute Gasteiger partial charge is 0.271 e. The molecule has 0 radical (unpaired) electrons. The van der Waals surface area contributed by atoms with Gasteiger partial charge in [-0.25, -0.2) is 0 Å². The number of nitro groups is 1. The van der Waals surface area contributed by atoms with Crippen molar-refractivity contribution in [1.82, 2.24) is 5.32 Å². The number of non-ortho nitro benzene ring substituents is 1. The van der Waals surface area contributed by atoms with E-state index in [1.165, 1.54) is 18.2 Å². The predicted octanol–water partition coefficient (Wildman–Crippen LogP) is 3.50. The second kappa shape index (κ2) is 8.78. The van der Waals surface area contributed by atoms with E-state index < -0.39 is 11.0 Å². The average Bonchev–Trinajstić information content (AvgIpc) is 2.59. The average molecular weight is 361 g/mol. The summed E-state index contributed by atoms with van der Waals surface area (Å²) < 4.78 is 0. The predicted molar refractivity (Wildman–Crippen MR) is 99.6 cm³/mol. The number of rotatable bonds is 6. The maximum atomic E-state index is 12.6. The Hall–Kier alpha value is -2.44. The van der Waals surface area contributed by atoms with Crippen LogP contribution in [0.15, 0.2) is 24.3 Å². The largest absolute Gasteiger partial charge is 0.344 e. The van der Waals surface area contributed by atoms with Gasteiger partial charge in [0.2, 0.25) is 11.8 Å². The molecule has 2 rings (SSSR count). The summed E-state index contributed by atoms with van der Waals surface area (Å²) in [5, 5.41) is 16.4. The highest BCUT2D eigenvalue weighted by atomic mass is 16.6. The van der Waals surface area contributed by atoms with E-state index in [1.54, 1.807) is 6.07 Å². The van der Waals surface area contributed by atoms with Crippen LogP contribution >= 0.6 is 0 Å². The lowest BCUT2D eigenvalue weighted by molar-refractivity contribution is -0.384. The number of hydrogen-bond acceptors (Lipinski definition) is 4. The van der Waals surface area contributed by atoms with Crippen molar-refractivity contribution in [2.45, 2.75) is 52.5 Å². The maximum absolute atomic E-state index is 12.6. The molecule has 1 aliphatic rings. The zero-order valence-corrected chi connectivity index (χ0v) is 15.5.